The van der Waals surface area contributed by atoms with Crippen molar-refractivity contribution < 1.29 is 4.39 Å². The van der Waals surface area contributed by atoms with Crippen molar-refractivity contribution in [1.82, 2.24) is 15.1 Å². The third-order valence-electron chi connectivity index (χ3n) is 3.55. The lowest BCUT2D eigenvalue weighted by Gasteiger charge is -2.18. The molecule has 0 fully saturated rings. The number of nitrogens with one attached hydrogen (secondary N) is 1. The Kier molecular flexibility index (Phi) is 4.90. The molecule has 2 rings (SSSR count). The summed E-state index contributed by atoms with van der Waals surface area (Å²) in [5, 5.41) is 7.86. The zero-order valence-corrected chi connectivity index (χ0v) is 12.4. The minimum Gasteiger partial charge on any atom is -0.306 e. The Morgan fingerprint density at radius 2 is 2.05 bits per heavy atom. The van der Waals surface area contributed by atoms with Gasteiger partial charge in [-0.2, -0.15) is 5.10 Å². The molecule has 0 bridgehead atoms. The lowest BCUT2D eigenvalue weighted by molar-refractivity contribution is 0.487. The second kappa shape index (κ2) is 6.66. The SMILES string of the molecule is CCc1nn(C)cc1CNC(CC)c1ccccc1F. The quantitative estimate of drug-likeness (QED) is 0.876. The third kappa shape index (κ3) is 3.25. The molecule has 2 aromatic rings. The van der Waals surface area contributed by atoms with Gasteiger partial charge in [-0.1, -0.05) is 32.0 Å². The predicted octanol–water partition coefficient (Wildman–Crippen LogP) is 3.36. The molecule has 0 saturated carbocycles. The van der Waals surface area contributed by atoms with Crippen LogP contribution in [0.1, 0.15) is 43.1 Å². The normalized spacial score (nSPS) is 12.6. The Morgan fingerprint density at radius 1 is 1.30 bits per heavy atom. The van der Waals surface area contributed by atoms with Gasteiger partial charge >= 0.3 is 0 Å². The number of aryl methyl sites for hydroxylation is 2. The number of hydrogen-bond donors (Lipinski definition) is 1. The second-order valence-corrected chi connectivity index (χ2v) is 4.99. The maximum Gasteiger partial charge on any atom is 0.127 e. The van der Waals surface area contributed by atoms with E-state index in [9.17, 15) is 4.39 Å². The third-order valence-corrected chi connectivity index (χ3v) is 3.55. The fraction of sp³-hybridized carbons (Fsp3) is 0.438. The number of rotatable bonds is 6. The molecule has 1 unspecified atom stereocenters. The van der Waals surface area contributed by atoms with Crippen LogP contribution >= 0.6 is 0 Å². The summed E-state index contributed by atoms with van der Waals surface area (Å²) in [5.41, 5.74) is 3.02. The van der Waals surface area contributed by atoms with Crippen molar-refractivity contribution >= 4 is 0 Å². The van der Waals surface area contributed by atoms with Crippen LogP contribution in [-0.2, 0) is 20.0 Å². The van der Waals surface area contributed by atoms with Crippen LogP contribution < -0.4 is 5.32 Å². The van der Waals surface area contributed by atoms with Gasteiger partial charge in [0.15, 0.2) is 0 Å². The van der Waals surface area contributed by atoms with Crippen LogP contribution in [0.25, 0.3) is 0 Å². The summed E-state index contributed by atoms with van der Waals surface area (Å²) >= 11 is 0. The van der Waals surface area contributed by atoms with Gasteiger partial charge in [0.2, 0.25) is 0 Å². The molecule has 1 aromatic carbocycles. The first-order valence-corrected chi connectivity index (χ1v) is 7.14. The van der Waals surface area contributed by atoms with Crippen LogP contribution in [0.2, 0.25) is 0 Å². The summed E-state index contributed by atoms with van der Waals surface area (Å²) in [7, 11) is 1.93. The summed E-state index contributed by atoms with van der Waals surface area (Å²) in [6.45, 7) is 4.87. The highest BCUT2D eigenvalue weighted by Crippen LogP contribution is 2.20. The molecule has 0 radical (unpaired) electrons. The van der Waals surface area contributed by atoms with Crippen molar-refractivity contribution in [3.8, 4) is 0 Å². The first-order chi connectivity index (χ1) is 9.65. The second-order valence-electron chi connectivity index (χ2n) is 4.99. The zero-order valence-electron chi connectivity index (χ0n) is 12.4. The highest BCUT2D eigenvalue weighted by Gasteiger charge is 2.14. The molecular formula is C16H22FN3. The molecule has 0 amide bonds. The minimum atomic E-state index is -0.145. The van der Waals surface area contributed by atoms with Crippen LogP contribution in [-0.4, -0.2) is 9.78 Å². The lowest BCUT2D eigenvalue weighted by Crippen LogP contribution is -2.21. The molecule has 0 saturated heterocycles. The molecule has 1 heterocycles. The molecule has 0 spiro atoms. The number of nitrogens with zero attached hydrogens (tertiary/aromatic N) is 2. The van der Waals surface area contributed by atoms with E-state index in [1.165, 1.54) is 11.6 Å². The summed E-state index contributed by atoms with van der Waals surface area (Å²) in [4.78, 5) is 0. The van der Waals surface area contributed by atoms with Crippen LogP contribution in [0.3, 0.4) is 0 Å². The Hall–Kier alpha value is -1.68. The van der Waals surface area contributed by atoms with Gasteiger partial charge in [0.05, 0.1) is 5.69 Å². The Bertz CT molecular complexity index is 563. The van der Waals surface area contributed by atoms with E-state index >= 15 is 0 Å². The van der Waals surface area contributed by atoms with E-state index in [-0.39, 0.29) is 11.9 Å². The van der Waals surface area contributed by atoms with Crippen molar-refractivity contribution in [2.24, 2.45) is 7.05 Å². The van der Waals surface area contributed by atoms with Crippen molar-refractivity contribution in [2.45, 2.75) is 39.3 Å². The topological polar surface area (TPSA) is 29.9 Å². The molecule has 3 nitrogen and oxygen atoms in total. The molecule has 1 atom stereocenters. The van der Waals surface area contributed by atoms with E-state index in [0.717, 1.165) is 24.1 Å². The van der Waals surface area contributed by atoms with E-state index in [0.29, 0.717) is 6.54 Å². The van der Waals surface area contributed by atoms with Gasteiger partial charge in [0, 0.05) is 37.0 Å². The molecule has 0 aliphatic rings. The summed E-state index contributed by atoms with van der Waals surface area (Å²) in [6.07, 6.45) is 3.79. The Balaban J connectivity index is 2.10. The maximum atomic E-state index is 13.8. The first-order valence-electron chi connectivity index (χ1n) is 7.14. The van der Waals surface area contributed by atoms with Crippen molar-refractivity contribution in [3.05, 3.63) is 53.1 Å². The monoisotopic (exact) mass is 275 g/mol. The zero-order chi connectivity index (χ0) is 14.5. The van der Waals surface area contributed by atoms with E-state index < -0.39 is 0 Å². The van der Waals surface area contributed by atoms with Crippen molar-refractivity contribution in [1.29, 1.82) is 0 Å². The largest absolute Gasteiger partial charge is 0.306 e. The van der Waals surface area contributed by atoms with Gasteiger partial charge in [0.1, 0.15) is 5.82 Å². The lowest BCUT2D eigenvalue weighted by atomic mass is 10.0. The molecule has 0 aliphatic carbocycles. The molecule has 1 aromatic heterocycles. The number of hydrogen-bond acceptors (Lipinski definition) is 2. The maximum absolute atomic E-state index is 13.8. The number of aromatic nitrogens is 2. The molecule has 4 heteroatoms. The van der Waals surface area contributed by atoms with Gasteiger partial charge in [0.25, 0.3) is 0 Å². The summed E-state index contributed by atoms with van der Waals surface area (Å²) < 4.78 is 15.7. The average Bonchev–Trinajstić information content (AvgIpc) is 2.81. The van der Waals surface area contributed by atoms with Gasteiger partial charge in [-0.15, -0.1) is 0 Å². The van der Waals surface area contributed by atoms with E-state index in [2.05, 4.69) is 24.3 Å². The first kappa shape index (κ1) is 14.7. The molecule has 0 aliphatic heterocycles. The highest BCUT2D eigenvalue weighted by molar-refractivity contribution is 5.22. The van der Waals surface area contributed by atoms with Crippen LogP contribution in [0, 0.1) is 5.82 Å². The van der Waals surface area contributed by atoms with E-state index in [1.807, 2.05) is 30.1 Å². The Morgan fingerprint density at radius 3 is 2.70 bits per heavy atom. The Labute approximate surface area is 119 Å². The fourth-order valence-corrected chi connectivity index (χ4v) is 2.49. The number of benzene rings is 1. The van der Waals surface area contributed by atoms with Gasteiger partial charge in [-0.25, -0.2) is 4.39 Å². The van der Waals surface area contributed by atoms with E-state index in [1.54, 1.807) is 6.07 Å². The predicted molar refractivity (Wildman–Crippen MR) is 78.9 cm³/mol. The molecular weight excluding hydrogens is 253 g/mol. The number of halogens is 1. The minimum absolute atomic E-state index is 0.0288. The fourth-order valence-electron chi connectivity index (χ4n) is 2.49. The molecule has 108 valence electrons. The van der Waals surface area contributed by atoms with Gasteiger partial charge in [-0.3, -0.25) is 4.68 Å². The van der Waals surface area contributed by atoms with Gasteiger partial charge < -0.3 is 5.32 Å². The van der Waals surface area contributed by atoms with Crippen LogP contribution in [0.4, 0.5) is 4.39 Å². The van der Waals surface area contributed by atoms with Crippen molar-refractivity contribution in [2.75, 3.05) is 0 Å². The highest BCUT2D eigenvalue weighted by atomic mass is 19.1. The van der Waals surface area contributed by atoms with Crippen molar-refractivity contribution in [3.63, 3.8) is 0 Å². The molecule has 1 N–H and O–H groups in total. The smallest absolute Gasteiger partial charge is 0.127 e. The van der Waals surface area contributed by atoms with Crippen LogP contribution in [0.5, 0.6) is 0 Å². The van der Waals surface area contributed by atoms with E-state index in [4.69, 9.17) is 0 Å². The standard InChI is InChI=1S/C16H22FN3/c1-4-15-12(11-20(3)19-15)10-18-16(5-2)13-8-6-7-9-14(13)17/h6-9,11,16,18H,4-5,10H2,1-3H3. The summed E-state index contributed by atoms with van der Waals surface area (Å²) in [5.74, 6) is -0.145. The van der Waals surface area contributed by atoms with Crippen LogP contribution in [0.15, 0.2) is 30.5 Å². The summed E-state index contributed by atoms with van der Waals surface area (Å²) in [6, 6.07) is 6.99. The average molecular weight is 275 g/mol. The molecule has 20 heavy (non-hydrogen) atoms. The van der Waals surface area contributed by atoms with Gasteiger partial charge in [-0.05, 0) is 18.9 Å².